The van der Waals surface area contributed by atoms with Crippen molar-refractivity contribution >= 4 is 39.0 Å². The Morgan fingerprint density at radius 3 is 2.55 bits per heavy atom. The highest BCUT2D eigenvalue weighted by Crippen LogP contribution is 2.31. The van der Waals surface area contributed by atoms with Crippen molar-refractivity contribution in [3.05, 3.63) is 51.7 Å². The summed E-state index contributed by atoms with van der Waals surface area (Å²) in [7, 11) is 0. The number of carboxylic acid groups (broad SMARTS) is 1. The van der Waals surface area contributed by atoms with Gasteiger partial charge in [0.15, 0.2) is 0 Å². The van der Waals surface area contributed by atoms with Crippen LogP contribution in [0.25, 0.3) is 0 Å². The first-order valence-electron chi connectivity index (χ1n) is 5.74. The third-order valence-electron chi connectivity index (χ3n) is 2.80. The van der Waals surface area contributed by atoms with E-state index in [1.54, 1.807) is 6.07 Å². The second-order valence-electron chi connectivity index (χ2n) is 4.30. The summed E-state index contributed by atoms with van der Waals surface area (Å²) in [4.78, 5) is 11.2. The van der Waals surface area contributed by atoms with Crippen molar-refractivity contribution in [1.82, 2.24) is 0 Å². The summed E-state index contributed by atoms with van der Waals surface area (Å²) in [5.74, 6) is -2.04. The van der Waals surface area contributed by atoms with E-state index in [9.17, 15) is 9.18 Å². The van der Waals surface area contributed by atoms with E-state index >= 15 is 0 Å². The molecule has 0 bridgehead atoms. The van der Waals surface area contributed by atoms with E-state index in [0.29, 0.717) is 5.69 Å². The highest BCUT2D eigenvalue weighted by molar-refractivity contribution is 9.10. The molecule has 4 nitrogen and oxygen atoms in total. The lowest BCUT2D eigenvalue weighted by molar-refractivity contribution is 0.0698. The molecule has 0 atom stereocenters. The molecule has 0 spiro atoms. The van der Waals surface area contributed by atoms with Crippen LogP contribution in [0.5, 0.6) is 0 Å². The van der Waals surface area contributed by atoms with Gasteiger partial charge in [-0.2, -0.15) is 0 Å². The van der Waals surface area contributed by atoms with Crippen LogP contribution in [0.2, 0.25) is 0 Å². The van der Waals surface area contributed by atoms with Gasteiger partial charge in [0, 0.05) is 4.47 Å². The van der Waals surface area contributed by atoms with Crippen LogP contribution in [0.1, 0.15) is 15.9 Å². The Labute approximate surface area is 123 Å². The standard InChI is InChI=1S/C14H12BrFN2O2/c1-7-2-4-10(8(15)6-7)18-11-5-3-9(16)13(17)12(11)14(19)20/h2-6,18H,17H2,1H3,(H,19,20). The van der Waals surface area contributed by atoms with Gasteiger partial charge in [0.1, 0.15) is 11.4 Å². The first kappa shape index (κ1) is 14.3. The predicted molar refractivity (Wildman–Crippen MR) is 79.9 cm³/mol. The molecule has 0 aliphatic rings. The van der Waals surface area contributed by atoms with Crippen LogP contribution < -0.4 is 11.1 Å². The smallest absolute Gasteiger partial charge is 0.340 e. The number of carboxylic acids is 1. The third kappa shape index (κ3) is 2.75. The minimum absolute atomic E-state index is 0.237. The van der Waals surface area contributed by atoms with Crippen LogP contribution in [0.4, 0.5) is 21.5 Å². The van der Waals surface area contributed by atoms with Gasteiger partial charge >= 0.3 is 5.97 Å². The van der Waals surface area contributed by atoms with Gasteiger partial charge in [-0.1, -0.05) is 6.07 Å². The second-order valence-corrected chi connectivity index (χ2v) is 5.15. The summed E-state index contributed by atoms with van der Waals surface area (Å²) in [6.45, 7) is 1.94. The van der Waals surface area contributed by atoms with Crippen LogP contribution in [0, 0.1) is 12.7 Å². The molecule has 0 saturated carbocycles. The number of anilines is 3. The van der Waals surface area contributed by atoms with Gasteiger partial charge in [-0.3, -0.25) is 0 Å². The van der Waals surface area contributed by atoms with Gasteiger partial charge in [0.05, 0.1) is 17.1 Å². The number of nitrogen functional groups attached to an aromatic ring is 1. The number of nitrogens with two attached hydrogens (primary N) is 1. The van der Waals surface area contributed by atoms with Crippen molar-refractivity contribution in [3.63, 3.8) is 0 Å². The fourth-order valence-electron chi connectivity index (χ4n) is 1.80. The Kier molecular flexibility index (Phi) is 3.94. The second kappa shape index (κ2) is 5.50. The van der Waals surface area contributed by atoms with Gasteiger partial charge in [-0.15, -0.1) is 0 Å². The lowest BCUT2D eigenvalue weighted by Crippen LogP contribution is -2.09. The molecular formula is C14H12BrFN2O2. The largest absolute Gasteiger partial charge is 0.478 e. The van der Waals surface area contributed by atoms with Crippen LogP contribution in [-0.2, 0) is 0 Å². The lowest BCUT2D eigenvalue weighted by atomic mass is 10.1. The monoisotopic (exact) mass is 338 g/mol. The molecule has 4 N–H and O–H groups in total. The maximum atomic E-state index is 13.4. The zero-order chi connectivity index (χ0) is 14.9. The van der Waals surface area contributed by atoms with Crippen molar-refractivity contribution < 1.29 is 14.3 Å². The van der Waals surface area contributed by atoms with E-state index in [1.165, 1.54) is 6.07 Å². The van der Waals surface area contributed by atoms with Crippen LogP contribution in [0.15, 0.2) is 34.8 Å². The fraction of sp³-hybridized carbons (Fsp3) is 0.0714. The quantitative estimate of drug-likeness (QED) is 0.741. The Balaban J connectivity index is 2.48. The van der Waals surface area contributed by atoms with Crippen molar-refractivity contribution in [3.8, 4) is 0 Å². The molecule has 20 heavy (non-hydrogen) atoms. The molecule has 0 unspecified atom stereocenters. The highest BCUT2D eigenvalue weighted by atomic mass is 79.9. The summed E-state index contributed by atoms with van der Waals surface area (Å²) in [5.41, 5.74) is 6.79. The van der Waals surface area contributed by atoms with E-state index in [4.69, 9.17) is 10.8 Å². The van der Waals surface area contributed by atoms with Crippen LogP contribution in [0.3, 0.4) is 0 Å². The Morgan fingerprint density at radius 1 is 1.30 bits per heavy atom. The molecule has 2 rings (SSSR count). The topological polar surface area (TPSA) is 75.3 Å². The van der Waals surface area contributed by atoms with Gasteiger partial charge < -0.3 is 16.2 Å². The molecule has 0 fully saturated rings. The fourth-order valence-corrected chi connectivity index (χ4v) is 2.39. The molecule has 6 heteroatoms. The van der Waals surface area contributed by atoms with Crippen molar-refractivity contribution in [2.75, 3.05) is 11.1 Å². The summed E-state index contributed by atoms with van der Waals surface area (Å²) in [6, 6.07) is 8.04. The normalized spacial score (nSPS) is 10.3. The van der Waals surface area contributed by atoms with Gasteiger partial charge in [-0.05, 0) is 52.7 Å². The van der Waals surface area contributed by atoms with E-state index in [-0.39, 0.29) is 16.9 Å². The minimum Gasteiger partial charge on any atom is -0.478 e. The van der Waals surface area contributed by atoms with Crippen molar-refractivity contribution in [2.24, 2.45) is 0 Å². The van der Waals surface area contributed by atoms with Crippen LogP contribution >= 0.6 is 15.9 Å². The molecule has 2 aromatic carbocycles. The number of nitrogens with one attached hydrogen (secondary N) is 1. The first-order valence-corrected chi connectivity index (χ1v) is 6.54. The zero-order valence-corrected chi connectivity index (χ0v) is 12.2. The molecule has 0 saturated heterocycles. The van der Waals surface area contributed by atoms with E-state index < -0.39 is 11.8 Å². The molecule has 2 aromatic rings. The van der Waals surface area contributed by atoms with Crippen LogP contribution in [-0.4, -0.2) is 11.1 Å². The number of aromatic carboxylic acids is 1. The number of carbonyl (C=O) groups is 1. The predicted octanol–water partition coefficient (Wildman–Crippen LogP) is 3.92. The number of hydrogen-bond acceptors (Lipinski definition) is 3. The summed E-state index contributed by atoms with van der Waals surface area (Å²) in [6.07, 6.45) is 0. The number of rotatable bonds is 3. The summed E-state index contributed by atoms with van der Waals surface area (Å²) in [5, 5.41) is 12.1. The van der Waals surface area contributed by atoms with Crippen molar-refractivity contribution in [1.29, 1.82) is 0 Å². The Hall–Kier alpha value is -2.08. The van der Waals surface area contributed by atoms with E-state index in [0.717, 1.165) is 16.1 Å². The molecule has 0 heterocycles. The maximum Gasteiger partial charge on any atom is 0.340 e. The van der Waals surface area contributed by atoms with E-state index in [2.05, 4.69) is 21.2 Å². The molecule has 0 aromatic heterocycles. The molecule has 0 aliphatic heterocycles. The Morgan fingerprint density at radius 2 is 1.95 bits per heavy atom. The molecule has 104 valence electrons. The number of hydrogen-bond donors (Lipinski definition) is 3. The van der Waals surface area contributed by atoms with Gasteiger partial charge in [-0.25, -0.2) is 9.18 Å². The lowest BCUT2D eigenvalue weighted by Gasteiger charge is -2.13. The van der Waals surface area contributed by atoms with Gasteiger partial charge in [0.25, 0.3) is 0 Å². The number of benzene rings is 2. The highest BCUT2D eigenvalue weighted by Gasteiger charge is 2.18. The Bertz CT molecular complexity index is 689. The van der Waals surface area contributed by atoms with Crippen molar-refractivity contribution in [2.45, 2.75) is 6.92 Å². The molecule has 0 radical (unpaired) electrons. The number of aryl methyl sites for hydroxylation is 1. The molecular weight excluding hydrogens is 327 g/mol. The zero-order valence-electron chi connectivity index (χ0n) is 10.6. The van der Waals surface area contributed by atoms with Gasteiger partial charge in [0.2, 0.25) is 0 Å². The molecule has 0 amide bonds. The average Bonchev–Trinajstić information content (AvgIpc) is 2.36. The summed E-state index contributed by atoms with van der Waals surface area (Å²) < 4.78 is 14.1. The third-order valence-corrected chi connectivity index (χ3v) is 3.46. The first-order chi connectivity index (χ1) is 9.40. The summed E-state index contributed by atoms with van der Waals surface area (Å²) >= 11 is 3.38. The average molecular weight is 339 g/mol. The number of halogens is 2. The SMILES string of the molecule is Cc1ccc(Nc2ccc(F)c(N)c2C(=O)O)c(Br)c1. The van der Waals surface area contributed by atoms with E-state index in [1.807, 2.05) is 19.1 Å². The minimum atomic E-state index is -1.28. The molecule has 0 aliphatic carbocycles. The maximum absolute atomic E-state index is 13.4.